The Kier molecular flexibility index (Phi) is 2.87. The number of urea groups is 1. The van der Waals surface area contributed by atoms with E-state index in [1.807, 2.05) is 0 Å². The monoisotopic (exact) mass is 175 g/mol. The molecule has 4 heteroatoms. The highest BCUT2D eigenvalue weighted by Crippen LogP contribution is 2.17. The van der Waals surface area contributed by atoms with Crippen molar-refractivity contribution in [3.63, 3.8) is 0 Å². The first-order chi connectivity index (χ1) is 6.26. The molecular weight excluding hydrogens is 166 g/mol. The lowest BCUT2D eigenvalue weighted by atomic mass is 10.3. The Labute approximate surface area is 76.4 Å². The maximum absolute atomic E-state index is 10.9. The number of carbonyl (C=O) groups is 1. The number of hydrogen-bond donors (Lipinski definition) is 2. The molecule has 4 nitrogen and oxygen atoms in total. The molecule has 0 heterocycles. The van der Waals surface area contributed by atoms with Gasteiger partial charge in [-0.3, -0.25) is 0 Å². The molecule has 0 radical (unpaired) electrons. The first-order valence-corrected chi connectivity index (χ1v) is 3.72. The number of benzene rings is 1. The van der Waals surface area contributed by atoms with Crippen LogP contribution in [-0.4, -0.2) is 13.1 Å². The quantitative estimate of drug-likeness (QED) is 0.630. The minimum atomic E-state index is -0.290. The second-order valence-electron chi connectivity index (χ2n) is 2.37. The Balaban J connectivity index is 2.79. The van der Waals surface area contributed by atoms with Crippen molar-refractivity contribution in [2.75, 3.05) is 12.4 Å². The van der Waals surface area contributed by atoms with Crippen molar-refractivity contribution in [1.82, 2.24) is 5.32 Å². The number of nitrogens with zero attached hydrogens (tertiary/aromatic N) is 1. The number of amides is 2. The third kappa shape index (κ3) is 2.49. The van der Waals surface area contributed by atoms with Crippen molar-refractivity contribution in [3.05, 3.63) is 35.7 Å². The second-order valence-corrected chi connectivity index (χ2v) is 2.37. The Bertz CT molecular complexity index is 354. The van der Waals surface area contributed by atoms with Gasteiger partial charge in [0.1, 0.15) is 0 Å². The van der Waals surface area contributed by atoms with Crippen LogP contribution in [0.4, 0.5) is 16.2 Å². The summed E-state index contributed by atoms with van der Waals surface area (Å²) in [6.07, 6.45) is 0. The summed E-state index contributed by atoms with van der Waals surface area (Å²) in [4.78, 5) is 14.1. The van der Waals surface area contributed by atoms with Crippen LogP contribution < -0.4 is 10.6 Å². The first kappa shape index (κ1) is 9.07. The highest BCUT2D eigenvalue weighted by molar-refractivity contribution is 5.89. The SMILES string of the molecule is [C-]#[N+]c1cccc(NC(=O)NC)c1. The predicted molar refractivity (Wildman–Crippen MR) is 50.8 cm³/mol. The summed E-state index contributed by atoms with van der Waals surface area (Å²) in [6, 6.07) is 6.45. The van der Waals surface area contributed by atoms with Crippen molar-refractivity contribution in [1.29, 1.82) is 0 Å². The minimum Gasteiger partial charge on any atom is -0.341 e. The summed E-state index contributed by atoms with van der Waals surface area (Å²) in [5.41, 5.74) is 1.13. The van der Waals surface area contributed by atoms with Gasteiger partial charge in [0.2, 0.25) is 0 Å². The zero-order chi connectivity index (χ0) is 9.68. The fourth-order valence-electron chi connectivity index (χ4n) is 0.847. The van der Waals surface area contributed by atoms with Crippen LogP contribution >= 0.6 is 0 Å². The van der Waals surface area contributed by atoms with Gasteiger partial charge in [-0.1, -0.05) is 12.1 Å². The maximum atomic E-state index is 10.9. The number of carbonyl (C=O) groups excluding carboxylic acids is 1. The van der Waals surface area contributed by atoms with Crippen molar-refractivity contribution < 1.29 is 4.79 Å². The third-order valence-electron chi connectivity index (χ3n) is 1.46. The van der Waals surface area contributed by atoms with Crippen LogP contribution in [0.2, 0.25) is 0 Å². The molecule has 2 amide bonds. The molecule has 0 spiro atoms. The molecular formula is C9H9N3O. The van der Waals surface area contributed by atoms with E-state index in [0.717, 1.165) is 0 Å². The van der Waals surface area contributed by atoms with Gasteiger partial charge >= 0.3 is 6.03 Å². The third-order valence-corrected chi connectivity index (χ3v) is 1.46. The van der Waals surface area contributed by atoms with Crippen molar-refractivity contribution in [3.8, 4) is 0 Å². The molecule has 13 heavy (non-hydrogen) atoms. The molecule has 0 unspecified atom stereocenters. The average Bonchev–Trinajstić information content (AvgIpc) is 2.18. The molecule has 0 saturated heterocycles. The summed E-state index contributed by atoms with van der Waals surface area (Å²) in [5, 5.41) is 5.00. The average molecular weight is 175 g/mol. The van der Waals surface area contributed by atoms with Crippen LogP contribution in [0.25, 0.3) is 4.85 Å². The van der Waals surface area contributed by atoms with Gasteiger partial charge in [-0.2, -0.15) is 0 Å². The van der Waals surface area contributed by atoms with Crippen LogP contribution in [0.3, 0.4) is 0 Å². The van der Waals surface area contributed by atoms with Crippen LogP contribution in [0.5, 0.6) is 0 Å². The van der Waals surface area contributed by atoms with Gasteiger partial charge < -0.3 is 10.6 Å². The number of anilines is 1. The standard InChI is InChI=1S/C9H9N3O/c1-10-7-4-3-5-8(6-7)12-9(13)11-2/h3-6H,2H3,(H2,11,12,13). The van der Waals surface area contributed by atoms with Crippen molar-refractivity contribution in [2.24, 2.45) is 0 Å². The summed E-state index contributed by atoms with van der Waals surface area (Å²) in [7, 11) is 1.54. The topological polar surface area (TPSA) is 45.5 Å². The minimum absolute atomic E-state index is 0.290. The molecule has 0 aliphatic rings. The van der Waals surface area contributed by atoms with Crippen LogP contribution in [-0.2, 0) is 0 Å². The fraction of sp³-hybridized carbons (Fsp3) is 0.111. The molecule has 1 rings (SSSR count). The summed E-state index contributed by atoms with van der Waals surface area (Å²) in [5.74, 6) is 0. The summed E-state index contributed by atoms with van der Waals surface area (Å²) in [6.45, 7) is 6.76. The normalized spacial score (nSPS) is 8.62. The molecule has 0 aliphatic heterocycles. The molecule has 0 aliphatic carbocycles. The summed E-state index contributed by atoms with van der Waals surface area (Å²) < 4.78 is 0. The van der Waals surface area contributed by atoms with E-state index >= 15 is 0 Å². The molecule has 0 aromatic heterocycles. The highest BCUT2D eigenvalue weighted by atomic mass is 16.2. The van der Waals surface area contributed by atoms with Gasteiger partial charge in [0, 0.05) is 12.7 Å². The lowest BCUT2D eigenvalue weighted by molar-refractivity contribution is 0.254. The largest absolute Gasteiger partial charge is 0.341 e. The van der Waals surface area contributed by atoms with Crippen LogP contribution in [0.1, 0.15) is 0 Å². The van der Waals surface area contributed by atoms with E-state index in [2.05, 4.69) is 15.5 Å². The molecule has 0 fully saturated rings. The zero-order valence-electron chi connectivity index (χ0n) is 7.16. The van der Waals surface area contributed by atoms with Crippen molar-refractivity contribution in [2.45, 2.75) is 0 Å². The smallest absolute Gasteiger partial charge is 0.318 e. The van der Waals surface area contributed by atoms with E-state index in [4.69, 9.17) is 6.57 Å². The number of hydrogen-bond acceptors (Lipinski definition) is 1. The lowest BCUT2D eigenvalue weighted by Crippen LogP contribution is -2.24. The predicted octanol–water partition coefficient (Wildman–Crippen LogP) is 1.99. The molecule has 66 valence electrons. The van der Waals surface area contributed by atoms with Gasteiger partial charge in [-0.25, -0.2) is 9.64 Å². The molecule has 2 N–H and O–H groups in total. The Morgan fingerprint density at radius 3 is 2.92 bits per heavy atom. The summed E-state index contributed by atoms with van der Waals surface area (Å²) >= 11 is 0. The number of rotatable bonds is 1. The van der Waals surface area contributed by atoms with Crippen LogP contribution in [0.15, 0.2) is 24.3 Å². The van der Waals surface area contributed by atoms with E-state index in [0.29, 0.717) is 11.4 Å². The second kappa shape index (κ2) is 4.12. The van der Waals surface area contributed by atoms with Gasteiger partial charge in [0.05, 0.1) is 6.57 Å². The van der Waals surface area contributed by atoms with E-state index in [1.165, 1.54) is 7.05 Å². The molecule has 0 bridgehead atoms. The molecule has 1 aromatic rings. The van der Waals surface area contributed by atoms with Gasteiger partial charge in [0.15, 0.2) is 5.69 Å². The fourth-order valence-corrected chi connectivity index (χ4v) is 0.847. The zero-order valence-corrected chi connectivity index (χ0v) is 7.16. The molecule has 0 atom stereocenters. The molecule has 1 aromatic carbocycles. The Hall–Kier alpha value is -2.02. The maximum Gasteiger partial charge on any atom is 0.318 e. The van der Waals surface area contributed by atoms with Gasteiger partial charge in [0.25, 0.3) is 0 Å². The van der Waals surface area contributed by atoms with E-state index in [9.17, 15) is 4.79 Å². The Morgan fingerprint density at radius 1 is 1.54 bits per heavy atom. The first-order valence-electron chi connectivity index (χ1n) is 3.72. The van der Waals surface area contributed by atoms with Gasteiger partial charge in [-0.15, -0.1) is 0 Å². The van der Waals surface area contributed by atoms with E-state index in [1.54, 1.807) is 24.3 Å². The highest BCUT2D eigenvalue weighted by Gasteiger charge is 1.98. The number of nitrogens with one attached hydrogen (secondary N) is 2. The van der Waals surface area contributed by atoms with Gasteiger partial charge in [-0.05, 0) is 12.1 Å². The van der Waals surface area contributed by atoms with E-state index in [-0.39, 0.29) is 6.03 Å². The lowest BCUT2D eigenvalue weighted by Gasteiger charge is -2.03. The van der Waals surface area contributed by atoms with E-state index < -0.39 is 0 Å². The Morgan fingerprint density at radius 2 is 2.31 bits per heavy atom. The van der Waals surface area contributed by atoms with Crippen molar-refractivity contribution >= 4 is 17.4 Å². The van der Waals surface area contributed by atoms with Crippen LogP contribution in [0, 0.1) is 6.57 Å². The molecule has 0 saturated carbocycles.